The van der Waals surface area contributed by atoms with E-state index in [2.05, 4.69) is 69.2 Å². The van der Waals surface area contributed by atoms with Crippen molar-refractivity contribution in [1.29, 1.82) is 0 Å². The van der Waals surface area contributed by atoms with Crippen LogP contribution in [0, 0.1) is 10.8 Å². The van der Waals surface area contributed by atoms with Gasteiger partial charge in [-0.05, 0) is 0 Å². The first-order valence-corrected chi connectivity index (χ1v) is 11.6. The van der Waals surface area contributed by atoms with Gasteiger partial charge < -0.3 is 9.41 Å². The largest absolute Gasteiger partial charge is 1.00 e. The molecule has 0 saturated heterocycles. The number of hydrogen-bond acceptors (Lipinski definition) is 0. The first kappa shape index (κ1) is 22.7. The van der Waals surface area contributed by atoms with Crippen molar-refractivity contribution in [3.63, 3.8) is 0 Å². The van der Waals surface area contributed by atoms with Crippen molar-refractivity contribution >= 4 is 0 Å². The SMILES string of the molecule is CC1=C(C)C(C)(C)[C]([Hf+2][C]2=C(C)C(C)=C(C)C2(C)C)=C1C.[F-].[F-]. The summed E-state index contributed by atoms with van der Waals surface area (Å²) in [5, 5.41) is 0. The third-order valence-corrected chi connectivity index (χ3v) is 15.4. The molecule has 0 aromatic carbocycles. The average Bonchev–Trinajstić information content (AvgIpc) is 2.63. The maximum absolute atomic E-state index is 2.44. The second-order valence-corrected chi connectivity index (χ2v) is 12.4. The third-order valence-electron chi connectivity index (χ3n) is 6.38. The normalized spacial score (nSPS) is 22.3. The topological polar surface area (TPSA) is 0 Å². The second-order valence-electron chi connectivity index (χ2n) is 7.88. The fourth-order valence-corrected chi connectivity index (χ4v) is 11.0. The fraction of sp³-hybridized carbons (Fsp3) is 0.600. The summed E-state index contributed by atoms with van der Waals surface area (Å²) in [6, 6.07) is 0. The van der Waals surface area contributed by atoms with Crippen molar-refractivity contribution in [3.05, 3.63) is 40.1 Å². The minimum absolute atomic E-state index is 0. The van der Waals surface area contributed by atoms with Gasteiger partial charge in [-0.3, -0.25) is 0 Å². The molecule has 0 bridgehead atoms. The molecule has 128 valence electrons. The molecular formula is C20H30F2Hf. The summed E-state index contributed by atoms with van der Waals surface area (Å²) in [5.41, 5.74) is 10.1. The molecular weight excluding hydrogens is 457 g/mol. The smallest absolute Gasteiger partial charge is 1.00 e. The molecule has 0 N–H and O–H groups in total. The van der Waals surface area contributed by atoms with E-state index in [1.165, 1.54) is 0 Å². The van der Waals surface area contributed by atoms with E-state index in [0.717, 1.165) is 0 Å². The molecule has 2 aliphatic carbocycles. The van der Waals surface area contributed by atoms with Gasteiger partial charge in [0.05, 0.1) is 0 Å². The standard InChI is InChI=1S/2C10H15.2FH.Hf/c2*1-7-6-10(4,5)9(3)8(7)2;;;/h2*1-5H3;2*1H;/q;;;;+2/p-2. The van der Waals surface area contributed by atoms with Crippen molar-refractivity contribution in [1.82, 2.24) is 0 Å². The molecule has 0 fully saturated rings. The van der Waals surface area contributed by atoms with Gasteiger partial charge in [0.2, 0.25) is 0 Å². The van der Waals surface area contributed by atoms with E-state index in [9.17, 15) is 0 Å². The van der Waals surface area contributed by atoms with E-state index in [-0.39, 0.29) is 9.41 Å². The van der Waals surface area contributed by atoms with Crippen LogP contribution in [0.4, 0.5) is 0 Å². The van der Waals surface area contributed by atoms with Gasteiger partial charge in [0, 0.05) is 0 Å². The molecule has 0 heterocycles. The second kappa shape index (κ2) is 6.90. The Labute approximate surface area is 152 Å². The van der Waals surface area contributed by atoms with Crippen molar-refractivity contribution in [2.24, 2.45) is 10.8 Å². The molecule has 0 atom stereocenters. The Kier molecular flexibility index (Phi) is 6.80. The monoisotopic (exact) mass is 488 g/mol. The summed E-state index contributed by atoms with van der Waals surface area (Å²) >= 11 is -0.997. The summed E-state index contributed by atoms with van der Waals surface area (Å²) in [5.74, 6) is 0. The van der Waals surface area contributed by atoms with Crippen LogP contribution < -0.4 is 9.41 Å². The van der Waals surface area contributed by atoms with E-state index in [0.29, 0.717) is 10.8 Å². The van der Waals surface area contributed by atoms with Crippen LogP contribution in [0.2, 0.25) is 0 Å². The molecule has 23 heavy (non-hydrogen) atoms. The van der Waals surface area contributed by atoms with Crippen molar-refractivity contribution in [2.45, 2.75) is 69.2 Å². The number of halogens is 2. The molecule has 0 unspecified atom stereocenters. The average molecular weight is 487 g/mol. The molecule has 0 radical (unpaired) electrons. The van der Waals surface area contributed by atoms with Crippen LogP contribution in [0.15, 0.2) is 40.1 Å². The maximum Gasteiger partial charge on any atom is -1.00 e. The number of rotatable bonds is 2. The Bertz CT molecular complexity index is 585. The predicted octanol–water partition coefficient (Wildman–Crippen LogP) is 0.377. The molecule has 0 saturated carbocycles. The molecule has 0 aromatic heterocycles. The molecule has 2 aliphatic rings. The van der Waals surface area contributed by atoms with Crippen molar-refractivity contribution in [2.75, 3.05) is 0 Å². The van der Waals surface area contributed by atoms with Gasteiger partial charge in [-0.2, -0.15) is 0 Å². The summed E-state index contributed by atoms with van der Waals surface area (Å²) in [7, 11) is 0. The molecule has 0 aromatic rings. The predicted molar refractivity (Wildman–Crippen MR) is 89.7 cm³/mol. The van der Waals surface area contributed by atoms with Crippen LogP contribution in [0.3, 0.4) is 0 Å². The Morgan fingerprint density at radius 2 is 0.783 bits per heavy atom. The van der Waals surface area contributed by atoms with Gasteiger partial charge in [0.1, 0.15) is 0 Å². The molecule has 0 amide bonds. The minimum atomic E-state index is -0.997. The first-order valence-electron chi connectivity index (χ1n) is 8.00. The van der Waals surface area contributed by atoms with Crippen molar-refractivity contribution in [3.8, 4) is 0 Å². The maximum atomic E-state index is 2.44. The molecule has 0 nitrogen and oxygen atoms in total. The molecule has 0 spiro atoms. The van der Waals surface area contributed by atoms with Crippen LogP contribution in [0.5, 0.6) is 0 Å². The van der Waals surface area contributed by atoms with Crippen molar-refractivity contribution < 1.29 is 32.3 Å². The third kappa shape index (κ3) is 3.15. The van der Waals surface area contributed by atoms with Crippen LogP contribution in [0.25, 0.3) is 0 Å². The number of allylic oxidation sites excluding steroid dienone is 8. The Morgan fingerprint density at radius 1 is 0.522 bits per heavy atom. The van der Waals surface area contributed by atoms with Gasteiger partial charge in [-0.15, -0.1) is 0 Å². The van der Waals surface area contributed by atoms with E-state index in [1.807, 2.05) is 6.66 Å². The number of hydrogen-bond donors (Lipinski definition) is 0. The Hall–Kier alpha value is -0.310. The molecule has 0 aliphatic heterocycles. The Morgan fingerprint density at radius 3 is 0.957 bits per heavy atom. The summed E-state index contributed by atoms with van der Waals surface area (Å²) < 4.78 is 3.64. The van der Waals surface area contributed by atoms with Crippen LogP contribution in [-0.2, 0) is 22.9 Å². The van der Waals surface area contributed by atoms with Gasteiger partial charge in [0.15, 0.2) is 0 Å². The van der Waals surface area contributed by atoms with Gasteiger partial charge in [-0.1, -0.05) is 0 Å². The van der Waals surface area contributed by atoms with E-state index >= 15 is 0 Å². The van der Waals surface area contributed by atoms with E-state index < -0.39 is 22.9 Å². The summed E-state index contributed by atoms with van der Waals surface area (Å²) in [6.07, 6.45) is 0. The summed E-state index contributed by atoms with van der Waals surface area (Å²) in [4.78, 5) is 0. The van der Waals surface area contributed by atoms with Gasteiger partial charge >= 0.3 is 143 Å². The molecule has 2 rings (SSSR count). The Balaban J connectivity index is 0.00000242. The molecule has 3 heteroatoms. The zero-order valence-electron chi connectivity index (χ0n) is 16.3. The van der Waals surface area contributed by atoms with Crippen LogP contribution in [0.1, 0.15) is 69.2 Å². The first-order chi connectivity index (χ1) is 9.44. The van der Waals surface area contributed by atoms with Gasteiger partial charge in [-0.25, -0.2) is 0 Å². The summed E-state index contributed by atoms with van der Waals surface area (Å²) in [6.45, 7) is 23.8. The minimum Gasteiger partial charge on any atom is -1.00 e. The zero-order valence-corrected chi connectivity index (χ0v) is 19.8. The quantitative estimate of drug-likeness (QED) is 0.495. The fourth-order valence-electron chi connectivity index (χ4n) is 3.81. The van der Waals surface area contributed by atoms with Crippen LogP contribution >= 0.6 is 0 Å². The van der Waals surface area contributed by atoms with Gasteiger partial charge in [0.25, 0.3) is 0 Å². The van der Waals surface area contributed by atoms with Crippen LogP contribution in [-0.4, -0.2) is 0 Å². The van der Waals surface area contributed by atoms with E-state index in [4.69, 9.17) is 0 Å². The van der Waals surface area contributed by atoms with E-state index in [1.54, 1.807) is 33.4 Å². The zero-order chi connectivity index (χ0) is 16.3.